The van der Waals surface area contributed by atoms with Crippen LogP contribution in [0.1, 0.15) is 32.3 Å². The second-order valence-electron chi connectivity index (χ2n) is 5.47. The lowest BCUT2D eigenvalue weighted by Crippen LogP contribution is -2.43. The number of carboxylic acid groups (broad SMARTS) is 1. The number of hydrogen-bond donors (Lipinski definition) is 2. The molecular weight excluding hydrogens is 282 g/mol. The minimum atomic E-state index is -0.913. The molecule has 0 spiro atoms. The van der Waals surface area contributed by atoms with Crippen LogP contribution in [-0.4, -0.2) is 30.1 Å². The summed E-state index contributed by atoms with van der Waals surface area (Å²) in [7, 11) is 0. The molecule has 1 aromatic carbocycles. The van der Waals surface area contributed by atoms with Crippen molar-refractivity contribution in [3.63, 3.8) is 0 Å². The van der Waals surface area contributed by atoms with Gasteiger partial charge in [-0.25, -0.2) is 0 Å². The first-order valence-electron chi connectivity index (χ1n) is 7.46. The SMILES string of the molecule is CCC(CC)(CNC(=O)C1=Cc2ccccc2OC1)C(=O)O. The van der Waals surface area contributed by atoms with Gasteiger partial charge < -0.3 is 15.2 Å². The Kier molecular flexibility index (Phi) is 4.85. The van der Waals surface area contributed by atoms with E-state index in [4.69, 9.17) is 4.74 Å². The molecule has 1 aliphatic rings. The Hall–Kier alpha value is -2.30. The molecule has 5 heteroatoms. The van der Waals surface area contributed by atoms with Gasteiger partial charge in [-0.05, 0) is 25.0 Å². The lowest BCUT2D eigenvalue weighted by molar-refractivity contribution is -0.149. The average Bonchev–Trinajstić information content (AvgIpc) is 2.55. The van der Waals surface area contributed by atoms with Gasteiger partial charge in [0.1, 0.15) is 12.4 Å². The van der Waals surface area contributed by atoms with E-state index in [2.05, 4.69) is 5.32 Å². The van der Waals surface area contributed by atoms with E-state index in [0.717, 1.165) is 11.3 Å². The smallest absolute Gasteiger partial charge is 0.311 e. The third kappa shape index (κ3) is 3.13. The topological polar surface area (TPSA) is 75.6 Å². The Bertz CT molecular complexity index is 602. The van der Waals surface area contributed by atoms with Crippen molar-refractivity contribution >= 4 is 18.0 Å². The second kappa shape index (κ2) is 6.64. The van der Waals surface area contributed by atoms with Crippen molar-refractivity contribution in [2.24, 2.45) is 5.41 Å². The van der Waals surface area contributed by atoms with E-state index in [1.54, 1.807) is 6.08 Å². The largest absolute Gasteiger partial charge is 0.488 e. The van der Waals surface area contributed by atoms with Gasteiger partial charge in [0.15, 0.2) is 0 Å². The molecule has 1 amide bonds. The summed E-state index contributed by atoms with van der Waals surface area (Å²) in [6.07, 6.45) is 2.73. The van der Waals surface area contributed by atoms with Crippen LogP contribution in [0.5, 0.6) is 5.75 Å². The van der Waals surface area contributed by atoms with Crippen molar-refractivity contribution in [3.05, 3.63) is 35.4 Å². The number of carbonyl (C=O) groups is 2. The molecule has 1 aliphatic heterocycles. The summed E-state index contributed by atoms with van der Waals surface area (Å²) in [5, 5.41) is 12.1. The zero-order valence-electron chi connectivity index (χ0n) is 12.9. The number of ether oxygens (including phenoxy) is 1. The van der Waals surface area contributed by atoms with Crippen molar-refractivity contribution in [2.75, 3.05) is 13.2 Å². The fraction of sp³-hybridized carbons (Fsp3) is 0.412. The van der Waals surface area contributed by atoms with Gasteiger partial charge in [-0.1, -0.05) is 32.0 Å². The van der Waals surface area contributed by atoms with Gasteiger partial charge in [-0.3, -0.25) is 9.59 Å². The number of carboxylic acids is 1. The molecule has 0 saturated heterocycles. The molecule has 5 nitrogen and oxygen atoms in total. The number of fused-ring (bicyclic) bond motifs is 1. The molecule has 0 saturated carbocycles. The van der Waals surface area contributed by atoms with Crippen LogP contribution in [-0.2, 0) is 9.59 Å². The molecule has 0 aliphatic carbocycles. The van der Waals surface area contributed by atoms with E-state index >= 15 is 0 Å². The molecule has 0 radical (unpaired) electrons. The highest BCUT2D eigenvalue weighted by molar-refractivity contribution is 5.99. The van der Waals surface area contributed by atoms with Crippen LogP contribution in [0.2, 0.25) is 0 Å². The highest BCUT2D eigenvalue weighted by Crippen LogP contribution is 2.27. The number of rotatable bonds is 6. The molecule has 1 aromatic rings. The standard InChI is InChI=1S/C17H21NO4/c1-3-17(4-2,16(20)21)11-18-15(19)13-9-12-7-5-6-8-14(12)22-10-13/h5-9H,3-4,10-11H2,1-2H3,(H,18,19)(H,20,21). The van der Waals surface area contributed by atoms with E-state index in [0.29, 0.717) is 18.4 Å². The van der Waals surface area contributed by atoms with Gasteiger partial charge in [0.05, 0.1) is 11.0 Å². The zero-order chi connectivity index (χ0) is 16.2. The number of para-hydroxylation sites is 1. The van der Waals surface area contributed by atoms with Gasteiger partial charge in [0.2, 0.25) is 0 Å². The van der Waals surface area contributed by atoms with Crippen LogP contribution in [0.15, 0.2) is 29.8 Å². The van der Waals surface area contributed by atoms with E-state index < -0.39 is 11.4 Å². The Balaban J connectivity index is 2.08. The van der Waals surface area contributed by atoms with Gasteiger partial charge in [-0.2, -0.15) is 0 Å². The van der Waals surface area contributed by atoms with Crippen LogP contribution in [0.3, 0.4) is 0 Å². The fourth-order valence-corrected chi connectivity index (χ4v) is 2.49. The molecule has 2 rings (SSSR count). The van der Waals surface area contributed by atoms with Crippen molar-refractivity contribution in [1.82, 2.24) is 5.32 Å². The molecule has 22 heavy (non-hydrogen) atoms. The normalized spacial score (nSPS) is 13.6. The van der Waals surface area contributed by atoms with E-state index in [9.17, 15) is 14.7 Å². The maximum atomic E-state index is 12.3. The molecule has 0 unspecified atom stereocenters. The number of amides is 1. The first kappa shape index (κ1) is 16.1. The quantitative estimate of drug-likeness (QED) is 0.846. The third-order valence-electron chi connectivity index (χ3n) is 4.32. The highest BCUT2D eigenvalue weighted by atomic mass is 16.5. The molecule has 0 atom stereocenters. The van der Waals surface area contributed by atoms with Crippen molar-refractivity contribution in [2.45, 2.75) is 26.7 Å². The lowest BCUT2D eigenvalue weighted by atomic mass is 9.82. The summed E-state index contributed by atoms with van der Waals surface area (Å²) in [5.41, 5.74) is 0.448. The minimum Gasteiger partial charge on any atom is -0.488 e. The Morgan fingerprint density at radius 3 is 2.59 bits per heavy atom. The van der Waals surface area contributed by atoms with Crippen LogP contribution < -0.4 is 10.1 Å². The van der Waals surface area contributed by atoms with Gasteiger partial charge >= 0.3 is 5.97 Å². The second-order valence-corrected chi connectivity index (χ2v) is 5.47. The summed E-state index contributed by atoms with van der Waals surface area (Å²) in [6, 6.07) is 7.48. The van der Waals surface area contributed by atoms with Crippen LogP contribution in [0.4, 0.5) is 0 Å². The van der Waals surface area contributed by atoms with E-state index in [1.165, 1.54) is 0 Å². The summed E-state index contributed by atoms with van der Waals surface area (Å²) in [6.45, 7) is 3.96. The summed E-state index contributed by atoms with van der Waals surface area (Å²) < 4.78 is 5.54. The maximum Gasteiger partial charge on any atom is 0.311 e. The monoisotopic (exact) mass is 303 g/mol. The Labute approximate surface area is 130 Å². The van der Waals surface area contributed by atoms with Crippen molar-refractivity contribution in [3.8, 4) is 5.75 Å². The molecular formula is C17H21NO4. The fourth-order valence-electron chi connectivity index (χ4n) is 2.49. The van der Waals surface area contributed by atoms with E-state index in [1.807, 2.05) is 38.1 Å². The van der Waals surface area contributed by atoms with Gasteiger partial charge in [0.25, 0.3) is 5.91 Å². The number of carbonyl (C=O) groups excluding carboxylic acids is 1. The number of hydrogen-bond acceptors (Lipinski definition) is 3. The number of benzene rings is 1. The highest BCUT2D eigenvalue weighted by Gasteiger charge is 2.35. The maximum absolute atomic E-state index is 12.3. The number of aliphatic carboxylic acids is 1. The predicted octanol–water partition coefficient (Wildman–Crippen LogP) is 2.47. The van der Waals surface area contributed by atoms with Gasteiger partial charge in [0, 0.05) is 12.1 Å². The predicted molar refractivity (Wildman–Crippen MR) is 83.6 cm³/mol. The summed E-state index contributed by atoms with van der Waals surface area (Å²) in [5.74, 6) is -0.403. The molecule has 2 N–H and O–H groups in total. The van der Waals surface area contributed by atoms with Crippen LogP contribution in [0, 0.1) is 5.41 Å². The summed E-state index contributed by atoms with van der Waals surface area (Å²) >= 11 is 0. The van der Waals surface area contributed by atoms with Crippen molar-refractivity contribution < 1.29 is 19.4 Å². The lowest BCUT2D eigenvalue weighted by Gasteiger charge is -2.27. The Morgan fingerprint density at radius 2 is 1.95 bits per heavy atom. The van der Waals surface area contributed by atoms with E-state index in [-0.39, 0.29) is 19.1 Å². The molecule has 1 heterocycles. The van der Waals surface area contributed by atoms with Crippen molar-refractivity contribution in [1.29, 1.82) is 0 Å². The molecule has 0 fully saturated rings. The third-order valence-corrected chi connectivity index (χ3v) is 4.32. The number of nitrogens with one attached hydrogen (secondary N) is 1. The average molecular weight is 303 g/mol. The first-order valence-corrected chi connectivity index (χ1v) is 7.46. The Morgan fingerprint density at radius 1 is 1.27 bits per heavy atom. The van der Waals surface area contributed by atoms with Gasteiger partial charge in [-0.15, -0.1) is 0 Å². The summed E-state index contributed by atoms with van der Waals surface area (Å²) in [4.78, 5) is 23.7. The van der Waals surface area contributed by atoms with Crippen LogP contribution >= 0.6 is 0 Å². The van der Waals surface area contributed by atoms with Crippen LogP contribution in [0.25, 0.3) is 6.08 Å². The molecule has 0 bridgehead atoms. The molecule has 0 aromatic heterocycles. The first-order chi connectivity index (χ1) is 10.5. The minimum absolute atomic E-state index is 0.118. The zero-order valence-corrected chi connectivity index (χ0v) is 12.9. The molecule has 118 valence electrons.